The normalized spacial score (nSPS) is 14.9. The summed E-state index contributed by atoms with van der Waals surface area (Å²) in [7, 11) is 0. The van der Waals surface area contributed by atoms with Crippen molar-refractivity contribution in [2.24, 2.45) is 0 Å². The Morgan fingerprint density at radius 3 is 2.45 bits per heavy atom. The van der Waals surface area contributed by atoms with Gasteiger partial charge in [-0.05, 0) is 55.2 Å². The quantitative estimate of drug-likeness (QED) is 0.409. The molecule has 166 valence electrons. The van der Waals surface area contributed by atoms with Gasteiger partial charge in [-0.15, -0.1) is 11.8 Å². The lowest BCUT2D eigenvalue weighted by atomic mass is 10.1. The van der Waals surface area contributed by atoms with Crippen LogP contribution in [0.3, 0.4) is 0 Å². The number of nitrogens with zero attached hydrogens (tertiary/aromatic N) is 1. The molecule has 0 spiro atoms. The molecule has 0 aromatic heterocycles. The average Bonchev–Trinajstić information content (AvgIpc) is 3.26. The van der Waals surface area contributed by atoms with Crippen LogP contribution in [0, 0.1) is 0 Å². The summed E-state index contributed by atoms with van der Waals surface area (Å²) < 4.78 is 2.00. The molecule has 1 aliphatic rings. The van der Waals surface area contributed by atoms with Crippen LogP contribution >= 0.6 is 43.6 Å². The summed E-state index contributed by atoms with van der Waals surface area (Å²) in [5.41, 5.74) is 2.17. The van der Waals surface area contributed by atoms with Gasteiger partial charge >= 0.3 is 0 Å². The molecule has 0 radical (unpaired) electrons. The van der Waals surface area contributed by atoms with Crippen LogP contribution in [0.15, 0.2) is 57.5 Å². The van der Waals surface area contributed by atoms with Crippen LogP contribution in [0.2, 0.25) is 0 Å². The monoisotopic (exact) mass is 566 g/mol. The highest BCUT2D eigenvalue weighted by molar-refractivity contribution is 9.10. The van der Waals surface area contributed by atoms with E-state index in [2.05, 4.69) is 49.3 Å². The first-order valence-corrected chi connectivity index (χ1v) is 13.3. The van der Waals surface area contributed by atoms with Gasteiger partial charge in [0.1, 0.15) is 6.04 Å². The molecular weight excluding hydrogens is 540 g/mol. The predicted octanol–water partition coefficient (Wildman–Crippen LogP) is 5.92. The molecule has 1 N–H and O–H groups in total. The zero-order valence-electron chi connectivity index (χ0n) is 17.7. The molecule has 0 aliphatic heterocycles. The van der Waals surface area contributed by atoms with Gasteiger partial charge in [-0.25, -0.2) is 0 Å². The van der Waals surface area contributed by atoms with E-state index in [0.29, 0.717) is 12.3 Å². The molecule has 0 bridgehead atoms. The standard InChI is InChI=1S/C24H28Br2N2O2S/c1-17(24(30)27-22-7-2-3-8-22)28(14-19-5-4-6-21(26)13-19)23(29)16-31-15-18-9-11-20(25)12-10-18/h4-6,9-13,17,22H,2-3,7-8,14-16H2,1H3,(H,27,30)/t17-/m1/s1. The molecule has 0 saturated heterocycles. The average molecular weight is 568 g/mol. The smallest absolute Gasteiger partial charge is 0.242 e. The zero-order chi connectivity index (χ0) is 22.2. The highest BCUT2D eigenvalue weighted by Gasteiger charge is 2.28. The number of hydrogen-bond acceptors (Lipinski definition) is 3. The lowest BCUT2D eigenvalue weighted by Gasteiger charge is -2.29. The number of halogens is 2. The number of nitrogens with one attached hydrogen (secondary N) is 1. The van der Waals surface area contributed by atoms with Crippen LogP contribution in [0.5, 0.6) is 0 Å². The Balaban J connectivity index is 1.65. The van der Waals surface area contributed by atoms with E-state index >= 15 is 0 Å². The molecule has 0 heterocycles. The summed E-state index contributed by atoms with van der Waals surface area (Å²) in [4.78, 5) is 27.8. The number of carbonyl (C=O) groups is 2. The van der Waals surface area contributed by atoms with Crippen molar-refractivity contribution in [2.45, 2.75) is 57.0 Å². The molecule has 0 unspecified atom stereocenters. The maximum atomic E-state index is 13.2. The fourth-order valence-corrected chi connectivity index (χ4v) is 5.31. The minimum Gasteiger partial charge on any atom is -0.352 e. The van der Waals surface area contributed by atoms with Crippen LogP contribution < -0.4 is 5.32 Å². The van der Waals surface area contributed by atoms with E-state index < -0.39 is 6.04 Å². The molecule has 2 aromatic rings. The molecule has 1 saturated carbocycles. The van der Waals surface area contributed by atoms with Crippen molar-refractivity contribution in [3.63, 3.8) is 0 Å². The fraction of sp³-hybridized carbons (Fsp3) is 0.417. The molecule has 4 nitrogen and oxygen atoms in total. The Hall–Kier alpha value is -1.31. The van der Waals surface area contributed by atoms with Gasteiger partial charge in [0.15, 0.2) is 0 Å². The molecule has 1 fully saturated rings. The summed E-state index contributed by atoms with van der Waals surface area (Å²) in [5, 5.41) is 3.15. The number of carbonyl (C=O) groups excluding carboxylic acids is 2. The van der Waals surface area contributed by atoms with E-state index in [1.165, 1.54) is 5.56 Å². The Morgan fingerprint density at radius 1 is 1.06 bits per heavy atom. The third-order valence-corrected chi connectivity index (χ3v) is 7.53. The van der Waals surface area contributed by atoms with Gasteiger partial charge < -0.3 is 10.2 Å². The molecule has 2 aromatic carbocycles. The Morgan fingerprint density at radius 2 is 1.77 bits per heavy atom. The second kappa shape index (κ2) is 12.1. The van der Waals surface area contributed by atoms with Gasteiger partial charge in [-0.2, -0.15) is 0 Å². The van der Waals surface area contributed by atoms with Gasteiger partial charge in [0.2, 0.25) is 11.8 Å². The van der Waals surface area contributed by atoms with E-state index in [4.69, 9.17) is 0 Å². The van der Waals surface area contributed by atoms with Crippen LogP contribution in [-0.2, 0) is 21.9 Å². The first-order valence-electron chi connectivity index (χ1n) is 10.6. The highest BCUT2D eigenvalue weighted by Crippen LogP contribution is 2.21. The topological polar surface area (TPSA) is 49.4 Å². The number of rotatable bonds is 9. The second-order valence-corrected chi connectivity index (χ2v) is 10.8. The third-order valence-electron chi connectivity index (χ3n) is 5.52. The first-order chi connectivity index (χ1) is 14.9. The largest absolute Gasteiger partial charge is 0.352 e. The lowest BCUT2D eigenvalue weighted by molar-refractivity contribution is -0.138. The van der Waals surface area contributed by atoms with E-state index in [9.17, 15) is 9.59 Å². The predicted molar refractivity (Wildman–Crippen MR) is 135 cm³/mol. The van der Waals surface area contributed by atoms with Gasteiger partial charge in [0, 0.05) is 27.3 Å². The summed E-state index contributed by atoms with van der Waals surface area (Å²) in [6.45, 7) is 2.25. The Bertz CT molecular complexity index is 885. The number of amides is 2. The van der Waals surface area contributed by atoms with Crippen molar-refractivity contribution >= 4 is 55.4 Å². The van der Waals surface area contributed by atoms with Gasteiger partial charge in [0.25, 0.3) is 0 Å². The lowest BCUT2D eigenvalue weighted by Crippen LogP contribution is -2.50. The third kappa shape index (κ3) is 7.65. The van der Waals surface area contributed by atoms with E-state index in [1.54, 1.807) is 16.7 Å². The van der Waals surface area contributed by atoms with Crippen LogP contribution in [0.25, 0.3) is 0 Å². The molecular formula is C24H28Br2N2O2S. The SMILES string of the molecule is C[C@H](C(=O)NC1CCCC1)N(Cc1cccc(Br)c1)C(=O)CSCc1ccc(Br)cc1. The summed E-state index contributed by atoms with van der Waals surface area (Å²) in [6, 6.07) is 15.7. The van der Waals surface area contributed by atoms with Crippen molar-refractivity contribution in [2.75, 3.05) is 5.75 Å². The van der Waals surface area contributed by atoms with Crippen molar-refractivity contribution in [3.8, 4) is 0 Å². The van der Waals surface area contributed by atoms with Crippen molar-refractivity contribution < 1.29 is 9.59 Å². The molecule has 1 atom stereocenters. The number of thioether (sulfide) groups is 1. The summed E-state index contributed by atoms with van der Waals surface area (Å²) >= 11 is 8.52. The summed E-state index contributed by atoms with van der Waals surface area (Å²) in [6.07, 6.45) is 4.38. The minimum absolute atomic E-state index is 0.0174. The minimum atomic E-state index is -0.514. The maximum Gasteiger partial charge on any atom is 0.242 e. The van der Waals surface area contributed by atoms with Crippen LogP contribution in [0.1, 0.15) is 43.7 Å². The molecule has 7 heteroatoms. The first kappa shape index (κ1) is 24.3. The van der Waals surface area contributed by atoms with Gasteiger partial charge in [-0.3, -0.25) is 9.59 Å². The van der Waals surface area contributed by atoms with E-state index in [-0.39, 0.29) is 17.9 Å². The molecule has 1 aliphatic carbocycles. The highest BCUT2D eigenvalue weighted by atomic mass is 79.9. The fourth-order valence-electron chi connectivity index (χ4n) is 3.73. The second-order valence-electron chi connectivity index (χ2n) is 7.94. The number of hydrogen-bond donors (Lipinski definition) is 1. The summed E-state index contributed by atoms with van der Waals surface area (Å²) in [5.74, 6) is 1.02. The zero-order valence-corrected chi connectivity index (χ0v) is 21.6. The molecule has 31 heavy (non-hydrogen) atoms. The van der Waals surface area contributed by atoms with E-state index in [1.807, 2.05) is 43.3 Å². The van der Waals surface area contributed by atoms with E-state index in [0.717, 1.165) is 45.9 Å². The Labute approximate surface area is 205 Å². The van der Waals surface area contributed by atoms with Crippen LogP contribution in [-0.4, -0.2) is 34.6 Å². The van der Waals surface area contributed by atoms with Crippen molar-refractivity contribution in [1.82, 2.24) is 10.2 Å². The maximum absolute atomic E-state index is 13.2. The molecule has 2 amide bonds. The number of benzene rings is 2. The van der Waals surface area contributed by atoms with Crippen molar-refractivity contribution in [1.29, 1.82) is 0 Å². The van der Waals surface area contributed by atoms with Gasteiger partial charge in [-0.1, -0.05) is 69.0 Å². The molecule has 3 rings (SSSR count). The van der Waals surface area contributed by atoms with Crippen LogP contribution in [0.4, 0.5) is 0 Å². The van der Waals surface area contributed by atoms with Crippen molar-refractivity contribution in [3.05, 3.63) is 68.6 Å². The van der Waals surface area contributed by atoms with Gasteiger partial charge in [0.05, 0.1) is 5.75 Å². The Kier molecular flexibility index (Phi) is 9.48.